The number of anilines is 1. The number of amides is 1. The van der Waals surface area contributed by atoms with Crippen LogP contribution in [0.5, 0.6) is 0 Å². The van der Waals surface area contributed by atoms with E-state index in [0.717, 1.165) is 22.5 Å². The number of aryl methyl sites for hydroxylation is 1. The first-order chi connectivity index (χ1) is 12.5. The van der Waals surface area contributed by atoms with Crippen molar-refractivity contribution in [1.82, 2.24) is 14.9 Å². The Hall–Kier alpha value is -2.62. The van der Waals surface area contributed by atoms with Crippen molar-refractivity contribution >= 4 is 32.4 Å². The highest BCUT2D eigenvalue weighted by molar-refractivity contribution is 7.91. The first-order valence-electron chi connectivity index (χ1n) is 7.70. The second-order valence-electron chi connectivity index (χ2n) is 5.45. The van der Waals surface area contributed by atoms with E-state index in [1.807, 2.05) is 49.4 Å². The van der Waals surface area contributed by atoms with Crippen LogP contribution < -0.4 is 10.0 Å². The average molecular weight is 388 g/mol. The normalized spacial score (nSPS) is 11.3. The van der Waals surface area contributed by atoms with Gasteiger partial charge in [0.1, 0.15) is 0 Å². The molecule has 1 aromatic heterocycles. The van der Waals surface area contributed by atoms with Gasteiger partial charge in [-0.15, -0.1) is 10.2 Å². The maximum absolute atomic E-state index is 12.3. The van der Waals surface area contributed by atoms with Crippen molar-refractivity contribution in [2.75, 3.05) is 5.32 Å². The summed E-state index contributed by atoms with van der Waals surface area (Å²) in [5, 5.41) is 10.1. The zero-order valence-electron chi connectivity index (χ0n) is 13.8. The lowest BCUT2D eigenvalue weighted by Crippen LogP contribution is -2.23. The number of hydrogen-bond donors (Lipinski definition) is 2. The molecule has 0 unspecified atom stereocenters. The molecule has 1 heterocycles. The Morgan fingerprint density at radius 1 is 1.04 bits per heavy atom. The van der Waals surface area contributed by atoms with Crippen LogP contribution in [0.4, 0.5) is 5.13 Å². The van der Waals surface area contributed by atoms with E-state index in [1.54, 1.807) is 12.1 Å². The second kappa shape index (κ2) is 7.73. The van der Waals surface area contributed by atoms with Gasteiger partial charge in [0.05, 0.1) is 0 Å². The number of hydrogen-bond acceptors (Lipinski definition) is 6. The molecular formula is C17H16N4O3S2. The molecule has 9 heteroatoms. The monoisotopic (exact) mass is 388 g/mol. The van der Waals surface area contributed by atoms with E-state index in [4.69, 9.17) is 0 Å². The number of sulfonamides is 1. The summed E-state index contributed by atoms with van der Waals surface area (Å²) >= 11 is 0.799. The van der Waals surface area contributed by atoms with Gasteiger partial charge in [0.2, 0.25) is 9.47 Å². The number of carbonyl (C=O) groups excluding carboxylic acids is 1. The Morgan fingerprint density at radius 3 is 2.46 bits per heavy atom. The van der Waals surface area contributed by atoms with Crippen molar-refractivity contribution < 1.29 is 13.2 Å². The molecule has 1 amide bonds. The molecule has 3 rings (SSSR count). The standard InChI is InChI=1S/C17H16N4O3S2/c1-12-7-5-6-10-14(12)15(22)19-16-20-21-17(25-16)26(23,24)18-11-13-8-3-2-4-9-13/h2-10,18H,11H2,1H3,(H,19,20,22). The van der Waals surface area contributed by atoms with Gasteiger partial charge in [0.15, 0.2) is 0 Å². The van der Waals surface area contributed by atoms with Gasteiger partial charge >= 0.3 is 0 Å². The Balaban J connectivity index is 1.69. The highest BCUT2D eigenvalue weighted by Gasteiger charge is 2.21. The highest BCUT2D eigenvalue weighted by Crippen LogP contribution is 2.21. The average Bonchev–Trinajstić information content (AvgIpc) is 3.11. The van der Waals surface area contributed by atoms with Crippen LogP contribution in [-0.2, 0) is 16.6 Å². The summed E-state index contributed by atoms with van der Waals surface area (Å²) < 4.78 is 26.9. The molecule has 0 bridgehead atoms. The molecule has 0 aliphatic heterocycles. The third-order valence-corrected chi connectivity index (χ3v) is 6.16. The summed E-state index contributed by atoms with van der Waals surface area (Å²) in [4.78, 5) is 12.3. The summed E-state index contributed by atoms with van der Waals surface area (Å²) in [6.07, 6.45) is 0. The third-order valence-electron chi connectivity index (χ3n) is 3.56. The van der Waals surface area contributed by atoms with E-state index in [-0.39, 0.29) is 21.9 Å². The zero-order valence-corrected chi connectivity index (χ0v) is 15.5. The number of carbonyl (C=O) groups is 1. The number of aromatic nitrogens is 2. The van der Waals surface area contributed by atoms with Gasteiger partial charge < -0.3 is 0 Å². The molecule has 2 aromatic carbocycles. The number of nitrogens with one attached hydrogen (secondary N) is 2. The van der Waals surface area contributed by atoms with Crippen LogP contribution in [0.25, 0.3) is 0 Å². The Bertz CT molecular complexity index is 1020. The van der Waals surface area contributed by atoms with Gasteiger partial charge in [0, 0.05) is 12.1 Å². The van der Waals surface area contributed by atoms with Crippen molar-refractivity contribution in [1.29, 1.82) is 0 Å². The molecule has 3 aromatic rings. The van der Waals surface area contributed by atoms with E-state index in [9.17, 15) is 13.2 Å². The molecule has 26 heavy (non-hydrogen) atoms. The molecule has 134 valence electrons. The smallest absolute Gasteiger partial charge is 0.270 e. The lowest BCUT2D eigenvalue weighted by atomic mass is 10.1. The fourth-order valence-electron chi connectivity index (χ4n) is 2.20. The largest absolute Gasteiger partial charge is 0.296 e. The van der Waals surface area contributed by atoms with Crippen molar-refractivity contribution in [3.63, 3.8) is 0 Å². The Morgan fingerprint density at radius 2 is 1.73 bits per heavy atom. The third kappa shape index (κ3) is 4.31. The molecule has 0 atom stereocenters. The minimum atomic E-state index is -3.80. The lowest BCUT2D eigenvalue weighted by molar-refractivity contribution is 0.102. The first kappa shape index (κ1) is 18.2. The molecule has 2 N–H and O–H groups in total. The molecule has 0 saturated carbocycles. The quantitative estimate of drug-likeness (QED) is 0.632. The van der Waals surface area contributed by atoms with Gasteiger partial charge in [-0.1, -0.05) is 59.9 Å². The fourth-order valence-corrected chi connectivity index (χ4v) is 4.15. The minimum absolute atomic E-state index is 0.123. The zero-order chi connectivity index (χ0) is 18.6. The lowest BCUT2D eigenvalue weighted by Gasteiger charge is -2.04. The maximum atomic E-state index is 12.3. The van der Waals surface area contributed by atoms with E-state index < -0.39 is 10.0 Å². The summed E-state index contributed by atoms with van der Waals surface area (Å²) in [6, 6.07) is 16.2. The molecular weight excluding hydrogens is 372 g/mol. The summed E-state index contributed by atoms with van der Waals surface area (Å²) in [5.41, 5.74) is 2.13. The van der Waals surface area contributed by atoms with Crippen LogP contribution in [-0.4, -0.2) is 24.5 Å². The Labute approximate surface area is 155 Å². The number of rotatable bonds is 6. The number of nitrogens with zero attached hydrogens (tertiary/aromatic N) is 2. The van der Waals surface area contributed by atoms with Gasteiger partial charge in [-0.3, -0.25) is 10.1 Å². The summed E-state index contributed by atoms with van der Waals surface area (Å²) in [5.74, 6) is -0.361. The maximum Gasteiger partial charge on any atom is 0.270 e. The molecule has 0 spiro atoms. The van der Waals surface area contributed by atoms with Crippen LogP contribution in [0.1, 0.15) is 21.5 Å². The second-order valence-corrected chi connectivity index (χ2v) is 8.37. The van der Waals surface area contributed by atoms with Crippen molar-refractivity contribution in [2.45, 2.75) is 17.8 Å². The topological polar surface area (TPSA) is 101 Å². The van der Waals surface area contributed by atoms with E-state index in [2.05, 4.69) is 20.2 Å². The van der Waals surface area contributed by atoms with Crippen LogP contribution in [0, 0.1) is 6.92 Å². The van der Waals surface area contributed by atoms with Crippen molar-refractivity contribution in [3.05, 3.63) is 71.3 Å². The highest BCUT2D eigenvalue weighted by atomic mass is 32.2. The van der Waals surface area contributed by atoms with Crippen molar-refractivity contribution in [3.8, 4) is 0 Å². The van der Waals surface area contributed by atoms with Gasteiger partial charge in [-0.25, -0.2) is 13.1 Å². The fraction of sp³-hybridized carbons (Fsp3) is 0.118. The molecule has 0 saturated heterocycles. The van der Waals surface area contributed by atoms with Crippen LogP contribution in [0.2, 0.25) is 0 Å². The molecule has 7 nitrogen and oxygen atoms in total. The predicted molar refractivity (Wildman–Crippen MR) is 99.5 cm³/mol. The summed E-state index contributed by atoms with van der Waals surface area (Å²) in [7, 11) is -3.80. The molecule has 0 aliphatic carbocycles. The minimum Gasteiger partial charge on any atom is -0.296 e. The van der Waals surface area contributed by atoms with Gasteiger partial charge in [0.25, 0.3) is 15.9 Å². The van der Waals surface area contributed by atoms with Crippen molar-refractivity contribution in [2.24, 2.45) is 0 Å². The van der Waals surface area contributed by atoms with Gasteiger partial charge in [-0.2, -0.15) is 0 Å². The van der Waals surface area contributed by atoms with Gasteiger partial charge in [-0.05, 0) is 24.1 Å². The van der Waals surface area contributed by atoms with E-state index >= 15 is 0 Å². The van der Waals surface area contributed by atoms with Crippen LogP contribution >= 0.6 is 11.3 Å². The Kier molecular flexibility index (Phi) is 5.40. The van der Waals surface area contributed by atoms with E-state index in [0.29, 0.717) is 5.56 Å². The van der Waals surface area contributed by atoms with Crippen LogP contribution in [0.3, 0.4) is 0 Å². The predicted octanol–water partition coefficient (Wildman–Crippen LogP) is 2.58. The summed E-state index contributed by atoms with van der Waals surface area (Å²) in [6.45, 7) is 1.96. The molecule has 0 fully saturated rings. The SMILES string of the molecule is Cc1ccccc1C(=O)Nc1nnc(S(=O)(=O)NCc2ccccc2)s1. The molecule has 0 aliphatic rings. The molecule has 0 radical (unpaired) electrons. The number of benzene rings is 2. The van der Waals surface area contributed by atoms with Crippen LogP contribution in [0.15, 0.2) is 58.9 Å². The first-order valence-corrected chi connectivity index (χ1v) is 10.00. The van der Waals surface area contributed by atoms with E-state index in [1.165, 1.54) is 0 Å².